The molecule has 0 atom stereocenters. The predicted molar refractivity (Wildman–Crippen MR) is 89.0 cm³/mol. The van der Waals surface area contributed by atoms with Gasteiger partial charge in [-0.05, 0) is 41.8 Å². The monoisotopic (exact) mass is 336 g/mol. The van der Waals surface area contributed by atoms with E-state index >= 15 is 0 Å². The molecule has 1 N–H and O–H groups in total. The molecule has 0 heterocycles. The van der Waals surface area contributed by atoms with Gasteiger partial charge in [0, 0.05) is 27.2 Å². The Morgan fingerprint density at radius 2 is 1.57 bits per heavy atom. The van der Waals surface area contributed by atoms with Crippen LogP contribution in [0.15, 0.2) is 47.4 Å². The van der Waals surface area contributed by atoms with Crippen molar-refractivity contribution in [3.05, 3.63) is 65.0 Å². The van der Waals surface area contributed by atoms with Gasteiger partial charge in [0.15, 0.2) is 0 Å². The van der Waals surface area contributed by atoms with Crippen molar-refractivity contribution < 1.29 is 12.8 Å². The summed E-state index contributed by atoms with van der Waals surface area (Å²) in [6.07, 6.45) is 0. The van der Waals surface area contributed by atoms with E-state index in [4.69, 9.17) is 0 Å². The molecule has 0 fully saturated rings. The van der Waals surface area contributed by atoms with Crippen LogP contribution in [0, 0.1) is 12.7 Å². The lowest BCUT2D eigenvalue weighted by molar-refractivity contribution is 0.520. The normalized spacial score (nSPS) is 11.9. The highest BCUT2D eigenvalue weighted by Gasteiger charge is 2.16. The summed E-state index contributed by atoms with van der Waals surface area (Å²) in [5.74, 6) is -0.206. The summed E-state index contributed by atoms with van der Waals surface area (Å²) in [5, 5.41) is 3.22. The van der Waals surface area contributed by atoms with Gasteiger partial charge in [-0.1, -0.05) is 24.3 Å². The van der Waals surface area contributed by atoms with Gasteiger partial charge in [-0.2, -0.15) is 0 Å². The molecular weight excluding hydrogens is 315 g/mol. The molecule has 2 aromatic carbocycles. The van der Waals surface area contributed by atoms with Gasteiger partial charge < -0.3 is 5.32 Å². The first kappa shape index (κ1) is 17.6. The lowest BCUT2D eigenvalue weighted by Gasteiger charge is -2.12. The topological polar surface area (TPSA) is 49.4 Å². The molecule has 0 bridgehead atoms. The predicted octanol–water partition coefficient (Wildman–Crippen LogP) is 2.67. The quantitative estimate of drug-likeness (QED) is 0.882. The molecule has 4 nitrogen and oxygen atoms in total. The Hall–Kier alpha value is -1.76. The molecule has 124 valence electrons. The standard InChI is InChI=1S/C17H21FN2O2S/c1-13-4-5-15(10-17(13)18)12-19-11-14-6-8-16(9-7-14)23(21,22)20(2)3/h4-10,19H,11-12H2,1-3H3. The molecular formula is C17H21FN2O2S. The Morgan fingerprint density at radius 1 is 1.00 bits per heavy atom. The third kappa shape index (κ3) is 4.37. The van der Waals surface area contributed by atoms with Crippen molar-refractivity contribution in [2.45, 2.75) is 24.9 Å². The van der Waals surface area contributed by atoms with Crippen LogP contribution in [-0.4, -0.2) is 26.8 Å². The van der Waals surface area contributed by atoms with Crippen molar-refractivity contribution in [3.8, 4) is 0 Å². The minimum atomic E-state index is -3.39. The van der Waals surface area contributed by atoms with E-state index in [1.165, 1.54) is 24.5 Å². The highest BCUT2D eigenvalue weighted by atomic mass is 32.2. The van der Waals surface area contributed by atoms with Gasteiger partial charge >= 0.3 is 0 Å². The number of rotatable bonds is 6. The van der Waals surface area contributed by atoms with E-state index in [1.807, 2.05) is 6.07 Å². The Labute approximate surface area is 137 Å². The Balaban J connectivity index is 1.95. The lowest BCUT2D eigenvalue weighted by Crippen LogP contribution is -2.22. The largest absolute Gasteiger partial charge is 0.309 e. The Morgan fingerprint density at radius 3 is 2.13 bits per heavy atom. The second-order valence-electron chi connectivity index (χ2n) is 5.62. The molecule has 0 aliphatic carbocycles. The summed E-state index contributed by atoms with van der Waals surface area (Å²) in [4.78, 5) is 0.270. The smallest absolute Gasteiger partial charge is 0.242 e. The fourth-order valence-electron chi connectivity index (χ4n) is 2.09. The van der Waals surface area contributed by atoms with Gasteiger partial charge in [-0.3, -0.25) is 0 Å². The van der Waals surface area contributed by atoms with Crippen LogP contribution in [0.1, 0.15) is 16.7 Å². The molecule has 0 unspecified atom stereocenters. The zero-order chi connectivity index (χ0) is 17.0. The highest BCUT2D eigenvalue weighted by molar-refractivity contribution is 7.89. The minimum absolute atomic E-state index is 0.206. The number of nitrogens with zero attached hydrogens (tertiary/aromatic N) is 1. The van der Waals surface area contributed by atoms with Crippen LogP contribution in [-0.2, 0) is 23.1 Å². The molecule has 0 aliphatic rings. The average molecular weight is 336 g/mol. The summed E-state index contributed by atoms with van der Waals surface area (Å²) in [5.41, 5.74) is 2.47. The SMILES string of the molecule is Cc1ccc(CNCc2ccc(S(=O)(=O)N(C)C)cc2)cc1F. The fraction of sp³-hybridized carbons (Fsp3) is 0.294. The number of benzene rings is 2. The van der Waals surface area contributed by atoms with E-state index in [0.717, 1.165) is 11.1 Å². The van der Waals surface area contributed by atoms with Crippen molar-refractivity contribution in [3.63, 3.8) is 0 Å². The zero-order valence-electron chi connectivity index (χ0n) is 13.5. The molecule has 6 heteroatoms. The van der Waals surface area contributed by atoms with E-state index in [1.54, 1.807) is 37.3 Å². The Kier molecular flexibility index (Phi) is 5.51. The molecule has 2 rings (SSSR count). The van der Waals surface area contributed by atoms with Gasteiger partial charge in [0.25, 0.3) is 0 Å². The second-order valence-corrected chi connectivity index (χ2v) is 7.77. The second kappa shape index (κ2) is 7.21. The first-order valence-electron chi connectivity index (χ1n) is 7.28. The van der Waals surface area contributed by atoms with E-state index in [-0.39, 0.29) is 10.7 Å². The number of hydrogen-bond donors (Lipinski definition) is 1. The molecule has 0 saturated carbocycles. The van der Waals surface area contributed by atoms with E-state index in [2.05, 4.69) is 5.32 Å². The summed E-state index contributed by atoms with van der Waals surface area (Å²) in [7, 11) is -0.384. The molecule has 0 radical (unpaired) electrons. The molecule has 2 aromatic rings. The maximum atomic E-state index is 13.5. The van der Waals surface area contributed by atoms with Crippen LogP contribution in [0.5, 0.6) is 0 Å². The summed E-state index contributed by atoms with van der Waals surface area (Å²) >= 11 is 0. The minimum Gasteiger partial charge on any atom is -0.309 e. The molecule has 0 aromatic heterocycles. The first-order valence-corrected chi connectivity index (χ1v) is 8.72. The van der Waals surface area contributed by atoms with Crippen molar-refractivity contribution in [1.82, 2.24) is 9.62 Å². The van der Waals surface area contributed by atoms with Gasteiger partial charge in [0.1, 0.15) is 5.82 Å². The maximum absolute atomic E-state index is 13.5. The van der Waals surface area contributed by atoms with Gasteiger partial charge in [0.2, 0.25) is 10.0 Å². The highest BCUT2D eigenvalue weighted by Crippen LogP contribution is 2.14. The maximum Gasteiger partial charge on any atom is 0.242 e. The summed E-state index contributed by atoms with van der Waals surface area (Å²) in [6.45, 7) is 2.86. The number of halogens is 1. The van der Waals surface area contributed by atoms with Crippen molar-refractivity contribution in [2.24, 2.45) is 0 Å². The van der Waals surface area contributed by atoms with E-state index in [9.17, 15) is 12.8 Å². The van der Waals surface area contributed by atoms with E-state index in [0.29, 0.717) is 18.7 Å². The van der Waals surface area contributed by atoms with Crippen molar-refractivity contribution in [1.29, 1.82) is 0 Å². The van der Waals surface area contributed by atoms with Gasteiger partial charge in [-0.25, -0.2) is 17.1 Å². The first-order chi connectivity index (χ1) is 10.8. The van der Waals surface area contributed by atoms with Gasteiger partial charge in [0.05, 0.1) is 4.90 Å². The number of nitrogens with one attached hydrogen (secondary N) is 1. The molecule has 23 heavy (non-hydrogen) atoms. The molecule has 0 spiro atoms. The number of hydrogen-bond acceptors (Lipinski definition) is 3. The third-order valence-corrected chi connectivity index (χ3v) is 5.43. The van der Waals surface area contributed by atoms with Gasteiger partial charge in [-0.15, -0.1) is 0 Å². The van der Waals surface area contributed by atoms with E-state index < -0.39 is 10.0 Å². The third-order valence-electron chi connectivity index (χ3n) is 3.60. The summed E-state index contributed by atoms with van der Waals surface area (Å²) < 4.78 is 38.6. The number of sulfonamides is 1. The van der Waals surface area contributed by atoms with Crippen molar-refractivity contribution in [2.75, 3.05) is 14.1 Å². The van der Waals surface area contributed by atoms with Crippen LogP contribution in [0.25, 0.3) is 0 Å². The van der Waals surface area contributed by atoms with Crippen LogP contribution in [0.2, 0.25) is 0 Å². The van der Waals surface area contributed by atoms with Crippen molar-refractivity contribution >= 4 is 10.0 Å². The summed E-state index contributed by atoms with van der Waals surface area (Å²) in [6, 6.07) is 11.9. The lowest BCUT2D eigenvalue weighted by atomic mass is 10.1. The van der Waals surface area contributed by atoms with Crippen LogP contribution in [0.4, 0.5) is 4.39 Å². The van der Waals surface area contributed by atoms with Crippen LogP contribution < -0.4 is 5.32 Å². The average Bonchev–Trinajstić information content (AvgIpc) is 2.51. The zero-order valence-corrected chi connectivity index (χ0v) is 14.3. The fourth-order valence-corrected chi connectivity index (χ4v) is 2.99. The molecule has 0 amide bonds. The molecule has 0 saturated heterocycles. The van der Waals surface area contributed by atoms with Crippen LogP contribution in [0.3, 0.4) is 0 Å². The Bertz CT molecular complexity index is 772. The number of aryl methyl sites for hydroxylation is 1. The molecule has 0 aliphatic heterocycles. The van der Waals surface area contributed by atoms with Crippen LogP contribution >= 0.6 is 0 Å².